The molecule has 43 heavy (non-hydrogen) atoms. The van der Waals surface area contributed by atoms with E-state index >= 15 is 4.39 Å². The third-order valence-electron chi connectivity index (χ3n) is 6.29. The van der Waals surface area contributed by atoms with Crippen molar-refractivity contribution in [2.45, 2.75) is 89.3 Å². The lowest BCUT2D eigenvalue weighted by Crippen LogP contribution is -2.46. The highest BCUT2D eigenvalue weighted by atomic mass is 31.2. The van der Waals surface area contributed by atoms with Crippen LogP contribution < -0.4 is 20.9 Å². The van der Waals surface area contributed by atoms with Crippen LogP contribution in [-0.2, 0) is 32.8 Å². The van der Waals surface area contributed by atoms with Gasteiger partial charge in [-0.3, -0.25) is 23.7 Å². The second kappa shape index (κ2) is 12.6. The fraction of sp³-hybridized carbons (Fsp3) is 0.556. The number of esters is 1. The Labute approximate surface area is 246 Å². The Hall–Kier alpha value is -3.52. The van der Waals surface area contributed by atoms with Crippen LogP contribution in [0.15, 0.2) is 52.2 Å². The molecule has 236 valence electrons. The number of H-pyrrole nitrogens is 1. The van der Waals surface area contributed by atoms with E-state index in [9.17, 15) is 23.7 Å². The first-order valence-corrected chi connectivity index (χ1v) is 15.1. The number of aromatic amines is 1. The number of aromatic nitrogens is 2. The average Bonchev–Trinajstić information content (AvgIpc) is 3.67. The molecule has 6 atom stereocenters. The van der Waals surface area contributed by atoms with Gasteiger partial charge in [0.25, 0.3) is 5.56 Å². The molecule has 2 N–H and O–H groups in total. The van der Waals surface area contributed by atoms with Crippen LogP contribution in [-0.4, -0.2) is 63.9 Å². The zero-order chi connectivity index (χ0) is 31.6. The maximum atomic E-state index is 16.4. The van der Waals surface area contributed by atoms with E-state index in [2.05, 4.69) is 5.09 Å². The van der Waals surface area contributed by atoms with Gasteiger partial charge in [-0.2, -0.15) is 5.09 Å². The molecule has 0 spiro atoms. The molecule has 0 radical (unpaired) electrons. The molecular weight excluding hydrogens is 592 g/mol. The number of carbonyl (C=O) groups excluding carboxylic acids is 2. The number of nitrogens with one attached hydrogen (secondary N) is 2. The van der Waals surface area contributed by atoms with Gasteiger partial charge in [-0.05, 0) is 59.6 Å². The third-order valence-corrected chi connectivity index (χ3v) is 7.93. The highest BCUT2D eigenvalue weighted by Crippen LogP contribution is 2.48. The number of nitrogens with zero attached hydrogens (tertiary/aromatic N) is 1. The number of carbonyl (C=O) groups is 2. The number of ether oxygens (including phenoxy) is 4. The normalized spacial score (nSPS) is 25.8. The van der Waals surface area contributed by atoms with Gasteiger partial charge in [0.2, 0.25) is 0 Å². The van der Waals surface area contributed by atoms with E-state index in [4.69, 9.17) is 28.0 Å². The monoisotopic (exact) mass is 627 g/mol. The molecule has 14 nitrogen and oxygen atoms in total. The fourth-order valence-corrected chi connectivity index (χ4v) is 5.64. The predicted octanol–water partition coefficient (Wildman–Crippen LogP) is 3.37. The lowest BCUT2D eigenvalue weighted by atomic mass is 9.98. The van der Waals surface area contributed by atoms with E-state index in [1.165, 1.54) is 19.1 Å². The standard InChI is InChI=1S/C27H35FN3O11P/c1-16(22(33)38-17-11-12-17)30-43(36,42-18-9-7-6-8-10-18)37-15-19-21(40-25(35)41-26(2,3)4)27(5,28)23(39-19)31-14-13-20(32)29-24(31)34/h6-10,13-14,16-17,19,21,23H,11-12,15H2,1-5H3,(H,30,36)(H,29,32,34)/t16?,19-,21-,23-,27-,43?/m1/s1. The molecule has 2 heterocycles. The number of benzene rings is 1. The summed E-state index contributed by atoms with van der Waals surface area (Å²) in [5.41, 5.74) is -5.28. The van der Waals surface area contributed by atoms with Crippen molar-refractivity contribution in [3.05, 3.63) is 63.4 Å². The number of alkyl halides is 1. The Bertz CT molecular complexity index is 1470. The van der Waals surface area contributed by atoms with Crippen molar-refractivity contribution >= 4 is 19.9 Å². The number of hydrogen-bond donors (Lipinski definition) is 2. The molecule has 0 bridgehead atoms. The Morgan fingerprint density at radius 2 is 1.86 bits per heavy atom. The number of rotatable bonds is 11. The summed E-state index contributed by atoms with van der Waals surface area (Å²) in [6, 6.07) is 7.81. The fourth-order valence-electron chi connectivity index (χ4n) is 4.14. The minimum Gasteiger partial charge on any atom is -0.461 e. The van der Waals surface area contributed by atoms with Crippen LogP contribution in [0.2, 0.25) is 0 Å². The Morgan fingerprint density at radius 3 is 2.47 bits per heavy atom. The van der Waals surface area contributed by atoms with Crippen molar-refractivity contribution < 1.29 is 46.5 Å². The quantitative estimate of drug-likeness (QED) is 0.275. The summed E-state index contributed by atoms with van der Waals surface area (Å²) >= 11 is 0. The molecule has 2 aliphatic rings. The van der Waals surface area contributed by atoms with Crippen molar-refractivity contribution in [3.63, 3.8) is 0 Å². The van der Waals surface area contributed by atoms with E-state index in [1.54, 1.807) is 39.0 Å². The second-order valence-electron chi connectivity index (χ2n) is 11.4. The molecule has 16 heteroatoms. The average molecular weight is 628 g/mol. The lowest BCUT2D eigenvalue weighted by Gasteiger charge is -2.29. The first kappa shape index (κ1) is 32.4. The van der Waals surface area contributed by atoms with Gasteiger partial charge in [0.1, 0.15) is 29.6 Å². The zero-order valence-electron chi connectivity index (χ0n) is 24.3. The Morgan fingerprint density at radius 1 is 1.19 bits per heavy atom. The van der Waals surface area contributed by atoms with Gasteiger partial charge >= 0.3 is 25.6 Å². The van der Waals surface area contributed by atoms with Gasteiger partial charge in [-0.25, -0.2) is 18.5 Å². The summed E-state index contributed by atoms with van der Waals surface area (Å²) in [4.78, 5) is 51.2. The maximum Gasteiger partial charge on any atom is 0.509 e. The molecular formula is C27H35FN3O11P. The maximum absolute atomic E-state index is 16.4. The van der Waals surface area contributed by atoms with E-state index in [1.807, 2.05) is 4.98 Å². The van der Waals surface area contributed by atoms with Gasteiger partial charge in [0, 0.05) is 12.3 Å². The number of halogens is 1. The summed E-state index contributed by atoms with van der Waals surface area (Å²) in [5, 5.41) is 2.52. The van der Waals surface area contributed by atoms with Crippen LogP contribution in [0.5, 0.6) is 5.75 Å². The third kappa shape index (κ3) is 8.53. The largest absolute Gasteiger partial charge is 0.509 e. The number of para-hydroxylation sites is 1. The first-order chi connectivity index (χ1) is 20.1. The SMILES string of the molecule is CC(NP(=O)(OC[C@H]1O[C@@H](n2ccc(=O)[nH]c2=O)[C@](C)(F)[C@@H]1OC(=O)OC(C)(C)C)Oc1ccccc1)C(=O)OC1CC1. The number of hydrogen-bond acceptors (Lipinski definition) is 11. The summed E-state index contributed by atoms with van der Waals surface area (Å²) in [6.45, 7) is 6.47. The molecule has 1 saturated carbocycles. The highest BCUT2D eigenvalue weighted by molar-refractivity contribution is 7.52. The summed E-state index contributed by atoms with van der Waals surface area (Å²) in [5.74, 6) is -0.553. The molecule has 1 saturated heterocycles. The lowest BCUT2D eigenvalue weighted by molar-refractivity contribution is -0.146. The molecule has 1 aromatic carbocycles. The highest BCUT2D eigenvalue weighted by Gasteiger charge is 2.59. The van der Waals surface area contributed by atoms with E-state index < -0.39 is 73.5 Å². The molecule has 1 aliphatic heterocycles. The van der Waals surface area contributed by atoms with Crippen LogP contribution in [0, 0.1) is 0 Å². The zero-order valence-corrected chi connectivity index (χ0v) is 25.2. The minimum atomic E-state index is -4.41. The Kier molecular flexibility index (Phi) is 9.50. The molecule has 0 amide bonds. The van der Waals surface area contributed by atoms with Crippen LogP contribution in [0.3, 0.4) is 0 Å². The van der Waals surface area contributed by atoms with E-state index in [0.717, 1.165) is 36.6 Å². The molecule has 2 unspecified atom stereocenters. The first-order valence-electron chi connectivity index (χ1n) is 13.6. The van der Waals surface area contributed by atoms with Crippen LogP contribution in [0.4, 0.5) is 9.18 Å². The molecule has 4 rings (SSSR count). The van der Waals surface area contributed by atoms with Gasteiger partial charge in [-0.1, -0.05) is 18.2 Å². The summed E-state index contributed by atoms with van der Waals surface area (Å²) < 4.78 is 64.0. The van der Waals surface area contributed by atoms with Crippen molar-refractivity contribution in [3.8, 4) is 5.75 Å². The van der Waals surface area contributed by atoms with Crippen LogP contribution in [0.1, 0.15) is 53.7 Å². The van der Waals surface area contributed by atoms with Crippen molar-refractivity contribution in [1.29, 1.82) is 0 Å². The minimum absolute atomic E-state index is 0.128. The molecule has 2 aromatic rings. The van der Waals surface area contributed by atoms with Gasteiger partial charge < -0.3 is 23.5 Å². The Balaban J connectivity index is 1.60. The summed E-state index contributed by atoms with van der Waals surface area (Å²) in [6.07, 6.45) is -3.91. The van der Waals surface area contributed by atoms with Gasteiger partial charge in [-0.15, -0.1) is 0 Å². The van der Waals surface area contributed by atoms with Gasteiger partial charge in [0.05, 0.1) is 6.61 Å². The predicted molar refractivity (Wildman–Crippen MR) is 148 cm³/mol. The molecule has 1 aromatic heterocycles. The van der Waals surface area contributed by atoms with Gasteiger partial charge in [0.15, 0.2) is 18.0 Å². The smallest absolute Gasteiger partial charge is 0.461 e. The van der Waals surface area contributed by atoms with Crippen molar-refractivity contribution in [2.24, 2.45) is 0 Å². The van der Waals surface area contributed by atoms with Crippen molar-refractivity contribution in [1.82, 2.24) is 14.6 Å². The van der Waals surface area contributed by atoms with Crippen LogP contribution in [0.25, 0.3) is 0 Å². The molecule has 2 fully saturated rings. The summed E-state index contributed by atoms with van der Waals surface area (Å²) in [7, 11) is -4.41. The van der Waals surface area contributed by atoms with Crippen molar-refractivity contribution in [2.75, 3.05) is 6.61 Å². The topological polar surface area (TPSA) is 173 Å². The second-order valence-corrected chi connectivity index (χ2v) is 13.1. The van der Waals surface area contributed by atoms with E-state index in [-0.39, 0.29) is 11.9 Å². The van der Waals surface area contributed by atoms with Crippen LogP contribution >= 0.6 is 7.75 Å². The van der Waals surface area contributed by atoms with E-state index in [0.29, 0.717) is 0 Å². The molecule has 1 aliphatic carbocycles.